The first-order valence-electron chi connectivity index (χ1n) is 11.6. The van der Waals surface area contributed by atoms with Gasteiger partial charge in [-0.25, -0.2) is 4.79 Å². The van der Waals surface area contributed by atoms with Gasteiger partial charge in [0.2, 0.25) is 0 Å². The Hall–Kier alpha value is -3.98. The fourth-order valence-corrected chi connectivity index (χ4v) is 4.37. The van der Waals surface area contributed by atoms with E-state index in [2.05, 4.69) is 27.5 Å². The second kappa shape index (κ2) is 12.1. The Bertz CT molecular complexity index is 1200. The van der Waals surface area contributed by atoms with Crippen molar-refractivity contribution in [3.05, 3.63) is 98.4 Å². The van der Waals surface area contributed by atoms with Crippen LogP contribution in [0.4, 0.5) is 5.69 Å². The number of methoxy groups -OCH3 is 1. The summed E-state index contributed by atoms with van der Waals surface area (Å²) in [6.07, 6.45) is 0. The molecule has 2 aromatic rings. The number of ether oxygens (including phenoxy) is 1. The largest absolute Gasteiger partial charge is 0.466 e. The molecule has 0 amide bonds. The quantitative estimate of drug-likeness (QED) is 0.171. The third kappa shape index (κ3) is 6.37. The van der Waals surface area contributed by atoms with E-state index in [4.69, 9.17) is 9.57 Å². The van der Waals surface area contributed by atoms with Crippen LogP contribution in [0.25, 0.3) is 0 Å². The molecule has 0 saturated heterocycles. The molecule has 0 fully saturated rings. The van der Waals surface area contributed by atoms with Crippen LogP contribution in [-0.4, -0.2) is 48.8 Å². The molecule has 1 aliphatic heterocycles. The lowest BCUT2D eigenvalue weighted by molar-refractivity contribution is -0.384. The number of benzene rings is 2. The molecule has 1 heterocycles. The molecular formula is C27H32N4O5. The third-order valence-corrected chi connectivity index (χ3v) is 6.03. The molecule has 36 heavy (non-hydrogen) atoms. The summed E-state index contributed by atoms with van der Waals surface area (Å²) in [6, 6.07) is 16.4. The topological polar surface area (TPSA) is 106 Å². The van der Waals surface area contributed by atoms with E-state index in [0.29, 0.717) is 41.3 Å². The van der Waals surface area contributed by atoms with E-state index in [1.807, 2.05) is 32.2 Å². The van der Waals surface area contributed by atoms with E-state index < -0.39 is 16.8 Å². The summed E-state index contributed by atoms with van der Waals surface area (Å²) in [5.74, 6) is -1.12. The average molecular weight is 493 g/mol. The highest BCUT2D eigenvalue weighted by molar-refractivity contribution is 6.04. The Morgan fingerprint density at radius 1 is 1.11 bits per heavy atom. The number of rotatable bonds is 10. The highest BCUT2D eigenvalue weighted by atomic mass is 16.6. The summed E-state index contributed by atoms with van der Waals surface area (Å²) in [4.78, 5) is 31.5. The minimum atomic E-state index is -0.605. The maximum absolute atomic E-state index is 12.8. The highest BCUT2D eigenvalue weighted by Gasteiger charge is 2.35. The first-order chi connectivity index (χ1) is 17.2. The number of non-ortho nitro benzene ring substituents is 1. The molecular weight excluding hydrogens is 460 g/mol. The number of likely N-dealkylation sites (N-methyl/N-ethyl adjacent to an activating group) is 1. The first kappa shape index (κ1) is 26.6. The number of nitro groups is 1. The van der Waals surface area contributed by atoms with E-state index in [1.165, 1.54) is 24.8 Å². The zero-order valence-electron chi connectivity index (χ0n) is 21.3. The van der Waals surface area contributed by atoms with Gasteiger partial charge in [0.25, 0.3) is 5.69 Å². The number of carbonyl (C=O) groups is 1. The van der Waals surface area contributed by atoms with Crippen LogP contribution in [0.2, 0.25) is 0 Å². The number of nitro benzene ring substituents is 1. The molecule has 9 heteroatoms. The molecule has 0 spiro atoms. The van der Waals surface area contributed by atoms with E-state index in [1.54, 1.807) is 26.0 Å². The van der Waals surface area contributed by atoms with Crippen molar-refractivity contribution in [2.24, 2.45) is 5.16 Å². The van der Waals surface area contributed by atoms with Crippen LogP contribution in [0.5, 0.6) is 0 Å². The van der Waals surface area contributed by atoms with Crippen molar-refractivity contribution in [3.63, 3.8) is 0 Å². The van der Waals surface area contributed by atoms with Crippen LogP contribution in [0, 0.1) is 10.1 Å². The van der Waals surface area contributed by atoms with Crippen LogP contribution >= 0.6 is 0 Å². The number of dihydropyridines is 1. The van der Waals surface area contributed by atoms with Gasteiger partial charge in [0.1, 0.15) is 6.61 Å². The van der Waals surface area contributed by atoms with Crippen LogP contribution in [0.1, 0.15) is 37.8 Å². The molecule has 1 aliphatic rings. The van der Waals surface area contributed by atoms with E-state index in [0.717, 1.165) is 12.2 Å². The van der Waals surface area contributed by atoms with Crippen molar-refractivity contribution in [1.29, 1.82) is 0 Å². The van der Waals surface area contributed by atoms with Crippen molar-refractivity contribution in [2.45, 2.75) is 33.2 Å². The maximum Gasteiger partial charge on any atom is 0.336 e. The second-order valence-electron chi connectivity index (χ2n) is 8.71. The van der Waals surface area contributed by atoms with Gasteiger partial charge in [-0.2, -0.15) is 0 Å². The average Bonchev–Trinajstić information content (AvgIpc) is 2.86. The number of nitrogens with one attached hydrogen (secondary N) is 1. The van der Waals surface area contributed by atoms with Crippen LogP contribution in [0.15, 0.2) is 82.3 Å². The lowest BCUT2D eigenvalue weighted by atomic mass is 9.78. The van der Waals surface area contributed by atoms with Crippen LogP contribution in [-0.2, 0) is 20.9 Å². The van der Waals surface area contributed by atoms with Crippen molar-refractivity contribution in [2.75, 3.05) is 27.3 Å². The Labute approximate surface area is 211 Å². The second-order valence-corrected chi connectivity index (χ2v) is 8.71. The molecule has 1 N–H and O–H groups in total. The standard InChI is InChI=1S/C27H32N4O5/c1-18-24(20(3)29-36-15-14-30(4)17-21-10-7-6-8-11-21)26(25(19(2)28-18)27(32)35-5)22-12-9-13-23(16-22)31(33)34/h6-13,16,26,28H,14-15,17H2,1-5H3. The van der Waals surface area contributed by atoms with Crippen molar-refractivity contribution in [3.8, 4) is 0 Å². The molecule has 2 aromatic carbocycles. The Kier molecular flexibility index (Phi) is 8.97. The fraction of sp³-hybridized carbons (Fsp3) is 0.333. The van der Waals surface area contributed by atoms with Crippen molar-refractivity contribution < 1.29 is 19.3 Å². The number of oxime groups is 1. The molecule has 0 saturated carbocycles. The van der Waals surface area contributed by atoms with Gasteiger partial charge in [-0.3, -0.25) is 15.0 Å². The van der Waals surface area contributed by atoms with Gasteiger partial charge in [0, 0.05) is 48.1 Å². The third-order valence-electron chi connectivity index (χ3n) is 6.03. The first-order valence-corrected chi connectivity index (χ1v) is 11.6. The number of hydrogen-bond donors (Lipinski definition) is 1. The van der Waals surface area contributed by atoms with Crippen LogP contribution in [0.3, 0.4) is 0 Å². The summed E-state index contributed by atoms with van der Waals surface area (Å²) >= 11 is 0. The zero-order valence-corrected chi connectivity index (χ0v) is 21.3. The normalized spacial score (nSPS) is 16.2. The highest BCUT2D eigenvalue weighted by Crippen LogP contribution is 2.40. The van der Waals surface area contributed by atoms with Gasteiger partial charge in [0.15, 0.2) is 0 Å². The lowest BCUT2D eigenvalue weighted by Gasteiger charge is -2.31. The van der Waals surface area contributed by atoms with Crippen molar-refractivity contribution in [1.82, 2.24) is 10.2 Å². The Morgan fingerprint density at radius 2 is 1.81 bits per heavy atom. The van der Waals surface area contributed by atoms with Gasteiger partial charge in [-0.15, -0.1) is 0 Å². The monoisotopic (exact) mass is 492 g/mol. The minimum absolute atomic E-state index is 0.0581. The number of carbonyl (C=O) groups excluding carboxylic acids is 1. The summed E-state index contributed by atoms with van der Waals surface area (Å²) in [6.45, 7) is 7.30. The fourth-order valence-electron chi connectivity index (χ4n) is 4.37. The number of hydrogen-bond acceptors (Lipinski definition) is 8. The van der Waals surface area contributed by atoms with E-state index in [-0.39, 0.29) is 5.69 Å². The Morgan fingerprint density at radius 3 is 2.47 bits per heavy atom. The lowest BCUT2D eigenvalue weighted by Crippen LogP contribution is -2.31. The SMILES string of the molecule is COC(=O)C1=C(C)NC(C)=C(C(C)=NOCCN(C)Cc2ccccc2)C1c1cccc([N+](=O)[O-])c1. The van der Waals surface area contributed by atoms with Gasteiger partial charge in [0.05, 0.1) is 23.3 Å². The number of esters is 1. The van der Waals surface area contributed by atoms with Crippen LogP contribution < -0.4 is 5.32 Å². The summed E-state index contributed by atoms with van der Waals surface area (Å²) < 4.78 is 5.06. The van der Waals surface area contributed by atoms with Crippen molar-refractivity contribution >= 4 is 17.4 Å². The minimum Gasteiger partial charge on any atom is -0.466 e. The van der Waals surface area contributed by atoms with E-state index >= 15 is 0 Å². The number of allylic oxidation sites excluding steroid dienone is 3. The summed E-state index contributed by atoms with van der Waals surface area (Å²) in [5, 5.41) is 19.0. The van der Waals surface area contributed by atoms with E-state index in [9.17, 15) is 14.9 Å². The number of nitrogens with zero attached hydrogens (tertiary/aromatic N) is 3. The molecule has 9 nitrogen and oxygen atoms in total. The molecule has 0 radical (unpaired) electrons. The maximum atomic E-state index is 12.8. The van der Waals surface area contributed by atoms with Gasteiger partial charge >= 0.3 is 5.97 Å². The molecule has 3 rings (SSSR count). The summed E-state index contributed by atoms with van der Waals surface area (Å²) in [5.41, 5.74) is 4.80. The van der Waals surface area contributed by atoms with Gasteiger partial charge in [-0.1, -0.05) is 47.6 Å². The summed E-state index contributed by atoms with van der Waals surface area (Å²) in [7, 11) is 3.33. The molecule has 1 unspecified atom stereocenters. The predicted octanol–water partition coefficient (Wildman–Crippen LogP) is 4.53. The molecule has 0 aromatic heterocycles. The van der Waals surface area contributed by atoms with Gasteiger partial charge in [-0.05, 0) is 38.9 Å². The van der Waals surface area contributed by atoms with Gasteiger partial charge < -0.3 is 14.9 Å². The Balaban J connectivity index is 1.83. The molecule has 0 bridgehead atoms. The molecule has 190 valence electrons. The zero-order chi connectivity index (χ0) is 26.2. The molecule has 0 aliphatic carbocycles. The molecule has 1 atom stereocenters. The predicted molar refractivity (Wildman–Crippen MR) is 138 cm³/mol. The smallest absolute Gasteiger partial charge is 0.336 e.